The summed E-state index contributed by atoms with van der Waals surface area (Å²) in [6.07, 6.45) is 8.27. The third kappa shape index (κ3) is 14.5. The number of hydrogen-bond donors (Lipinski definition) is 0. The largest absolute Gasteiger partial charge is 0.167 e. The second kappa shape index (κ2) is 23.0. The Balaban J connectivity index is 0.000000180. The molecule has 444 valence electrons. The Bertz CT molecular complexity index is 3450. The number of allylic oxidation sites excluding steroid dienone is 3. The van der Waals surface area contributed by atoms with Gasteiger partial charge in [0.25, 0.3) is 0 Å². The van der Waals surface area contributed by atoms with Crippen molar-refractivity contribution in [3.8, 4) is 33.4 Å². The van der Waals surface area contributed by atoms with Gasteiger partial charge in [0, 0.05) is 11.1 Å². The van der Waals surface area contributed by atoms with E-state index in [1.54, 1.807) is 0 Å². The monoisotopic (exact) mass is 1180 g/mol. The van der Waals surface area contributed by atoms with Crippen LogP contribution in [0.25, 0.3) is 51.6 Å². The van der Waals surface area contributed by atoms with Crippen molar-refractivity contribution in [3.05, 3.63) is 191 Å². The maximum Gasteiger partial charge on any atom is 0.161 e. The molecule has 0 aromatic heterocycles. The molecule has 0 spiro atoms. The molecule has 0 saturated heterocycles. The van der Waals surface area contributed by atoms with Gasteiger partial charge in [-0.15, -0.1) is 0 Å². The van der Waals surface area contributed by atoms with E-state index in [4.69, 9.17) is 22.2 Å². The average Bonchev–Trinajstić information content (AvgIpc) is 2.13. The van der Waals surface area contributed by atoms with Gasteiger partial charge in [-0.25, -0.2) is 0 Å². The van der Waals surface area contributed by atoms with Gasteiger partial charge < -0.3 is 0 Å². The molecule has 0 bridgehead atoms. The van der Waals surface area contributed by atoms with E-state index in [0.717, 1.165) is 6.42 Å². The molecule has 0 aliphatic heterocycles. The molecule has 0 saturated carbocycles. The quantitative estimate of drug-likeness (QED) is 0.119. The van der Waals surface area contributed by atoms with Crippen LogP contribution in [0.15, 0.2) is 108 Å². The van der Waals surface area contributed by atoms with Gasteiger partial charge in [-0.1, -0.05) is 277 Å². The lowest BCUT2D eigenvalue weighted by atomic mass is 9.78. The summed E-state index contributed by atoms with van der Waals surface area (Å²) >= 11 is 14.1. The molecule has 3 aliphatic rings. The molecule has 0 nitrogen and oxygen atoms in total. The predicted octanol–water partition coefficient (Wildman–Crippen LogP) is 24.7. The van der Waals surface area contributed by atoms with Crippen LogP contribution >= 0.6 is 22.2 Å². The molecule has 0 N–H and O–H groups in total. The Labute approximate surface area is 518 Å². The smallest absolute Gasteiger partial charge is 0.161 e. The molecule has 2 atom stereocenters. The molecule has 4 heteroatoms. The van der Waals surface area contributed by atoms with E-state index in [0.29, 0.717) is 11.1 Å². The predicted molar refractivity (Wildman–Crippen MR) is 379 cm³/mol. The fourth-order valence-electron chi connectivity index (χ4n) is 12.8. The van der Waals surface area contributed by atoms with E-state index in [2.05, 4.69) is 302 Å². The second-order valence-corrected chi connectivity index (χ2v) is 45.9. The normalized spacial score (nSPS) is 16.5. The van der Waals surface area contributed by atoms with Gasteiger partial charge in [0.2, 0.25) is 0 Å². The van der Waals surface area contributed by atoms with Gasteiger partial charge >= 0.3 is 0 Å². The lowest BCUT2D eigenvalue weighted by molar-refractivity contribution is 0.568. The van der Waals surface area contributed by atoms with Crippen molar-refractivity contribution < 1.29 is 0 Å². The van der Waals surface area contributed by atoms with Gasteiger partial charge in [0.1, 0.15) is 0 Å². The van der Waals surface area contributed by atoms with Gasteiger partial charge in [-0.3, -0.25) is 0 Å². The van der Waals surface area contributed by atoms with Crippen molar-refractivity contribution in [2.45, 2.75) is 242 Å². The summed E-state index contributed by atoms with van der Waals surface area (Å²) in [6.45, 7) is 64.1. The Kier molecular flexibility index (Phi) is 18.3. The van der Waals surface area contributed by atoms with E-state index < -0.39 is 14.8 Å². The molecule has 83 heavy (non-hydrogen) atoms. The SMILES string of the molecule is CC1=Cc2c(-c3cc(C(C)(C)C)cc(C(C)(C)C)c3)ccc(C)c2C1.CC1=Cc2c(-c3cc(C(C)(C)C)cc(C(C)(C)C)c3)ccc(C)c2[C@@H]1[Si](C)(C)Cl.CC1=Cc2c(C)ccc(-c3cc(C(C)(C)C)cc(C(C)(C)C)c3)c2[C@H]1[Si](C)(C)Cl. The maximum atomic E-state index is 7.08. The van der Waals surface area contributed by atoms with Gasteiger partial charge in [-0.2, -0.15) is 22.2 Å². The van der Waals surface area contributed by atoms with Crippen LogP contribution in [0.4, 0.5) is 0 Å². The third-order valence-electron chi connectivity index (χ3n) is 18.0. The van der Waals surface area contributed by atoms with Crippen LogP contribution in [-0.2, 0) is 38.9 Å². The van der Waals surface area contributed by atoms with Crippen molar-refractivity contribution >= 4 is 55.2 Å². The molecule has 0 fully saturated rings. The minimum Gasteiger partial charge on any atom is -0.167 e. The fraction of sp³-hybridized carbons (Fsp3) is 0.468. The van der Waals surface area contributed by atoms with Crippen LogP contribution in [0, 0.1) is 20.8 Å². The number of hydrogen-bond acceptors (Lipinski definition) is 0. The summed E-state index contributed by atoms with van der Waals surface area (Å²) < 4.78 is 0. The van der Waals surface area contributed by atoms with Crippen molar-refractivity contribution in [2.24, 2.45) is 0 Å². The first-order chi connectivity index (χ1) is 37.7. The van der Waals surface area contributed by atoms with Crippen LogP contribution in [0.5, 0.6) is 0 Å². The lowest BCUT2D eigenvalue weighted by Gasteiger charge is -2.29. The molecular formula is C79H106Cl2Si2. The highest BCUT2D eigenvalue weighted by molar-refractivity contribution is 7.20. The number of fused-ring (bicyclic) bond motifs is 3. The van der Waals surface area contributed by atoms with Crippen LogP contribution in [-0.4, -0.2) is 14.8 Å². The summed E-state index contributed by atoms with van der Waals surface area (Å²) in [6, 6.07) is 35.5. The fourth-order valence-corrected chi connectivity index (χ4v) is 18.9. The van der Waals surface area contributed by atoms with Gasteiger partial charge in [-0.05, 0) is 197 Å². The van der Waals surface area contributed by atoms with Crippen molar-refractivity contribution in [3.63, 3.8) is 0 Å². The van der Waals surface area contributed by atoms with Gasteiger partial charge in [0.05, 0.1) is 0 Å². The van der Waals surface area contributed by atoms with E-state index >= 15 is 0 Å². The van der Waals surface area contributed by atoms with E-state index in [-0.39, 0.29) is 32.5 Å². The lowest BCUT2D eigenvalue weighted by Crippen LogP contribution is -2.28. The van der Waals surface area contributed by atoms with E-state index in [1.807, 2.05) is 0 Å². The Morgan fingerprint density at radius 3 is 1.00 bits per heavy atom. The maximum absolute atomic E-state index is 7.08. The number of aryl methyl sites for hydroxylation is 3. The zero-order valence-corrected chi connectivity index (χ0v) is 60.5. The average molecular weight is 1180 g/mol. The molecule has 6 aromatic carbocycles. The highest BCUT2D eigenvalue weighted by atomic mass is 35.6. The first-order valence-electron chi connectivity index (χ1n) is 31.0. The van der Waals surface area contributed by atoms with Crippen LogP contribution < -0.4 is 0 Å². The molecule has 0 radical (unpaired) electrons. The summed E-state index contributed by atoms with van der Waals surface area (Å²) in [4.78, 5) is 0. The zero-order chi connectivity index (χ0) is 62.4. The molecule has 6 aromatic rings. The second-order valence-electron chi connectivity index (χ2n) is 32.7. The molecule has 3 aliphatic carbocycles. The minimum atomic E-state index is -1.92. The molecule has 0 heterocycles. The topological polar surface area (TPSA) is 0 Å². The first kappa shape index (κ1) is 66.1. The molecular weight excluding hydrogens is 1080 g/mol. The third-order valence-corrected chi connectivity index (χ3v) is 23.5. The number of rotatable bonds is 5. The Morgan fingerprint density at radius 1 is 0.337 bits per heavy atom. The van der Waals surface area contributed by atoms with E-state index in [9.17, 15) is 0 Å². The number of benzene rings is 6. The van der Waals surface area contributed by atoms with E-state index in [1.165, 1.54) is 134 Å². The van der Waals surface area contributed by atoms with Crippen LogP contribution in [0.2, 0.25) is 26.2 Å². The Morgan fingerprint density at radius 2 is 0.639 bits per heavy atom. The highest BCUT2D eigenvalue weighted by Gasteiger charge is 2.41. The zero-order valence-electron chi connectivity index (χ0n) is 57.0. The van der Waals surface area contributed by atoms with Crippen LogP contribution in [0.1, 0.15) is 240 Å². The number of halogens is 2. The summed E-state index contributed by atoms with van der Waals surface area (Å²) in [5, 5.41) is 0. The summed E-state index contributed by atoms with van der Waals surface area (Å²) in [5.74, 6) is 0. The Hall–Kier alpha value is -4.45. The van der Waals surface area contributed by atoms with Gasteiger partial charge in [0.15, 0.2) is 14.8 Å². The minimum absolute atomic E-state index is 0.109. The van der Waals surface area contributed by atoms with Crippen molar-refractivity contribution in [2.75, 3.05) is 0 Å². The molecule has 0 unspecified atom stereocenters. The van der Waals surface area contributed by atoms with Crippen molar-refractivity contribution in [1.29, 1.82) is 0 Å². The van der Waals surface area contributed by atoms with Crippen LogP contribution in [0.3, 0.4) is 0 Å². The highest BCUT2D eigenvalue weighted by Crippen LogP contribution is 2.51. The standard InChI is InChI=1S/2C27H37ClSi.C25H32/c1-17-11-12-22(23-13-18(2)25(24(17)23)29(9,10)28)19-14-20(26(3,4)5)16-21(15-19)27(6,7)8;1-17-11-12-22(24-23(17)13-18(2)25(24)29(9,10)28)19-14-20(26(3,4)5)16-21(15-19)27(6,7)8;1-16-11-22-17(2)9-10-21(23(22)12-16)18-13-19(24(3,4)5)15-20(14-18)25(6,7)8/h2*11-16,25H,1-10H3;9-10,12-15H,11H2,1-8H3/t2*25-;/m10./s1. The molecule has 0 amide bonds. The first-order valence-corrected chi connectivity index (χ1v) is 39.2. The summed E-state index contributed by atoms with van der Waals surface area (Å²) in [7, 11) is -3.79. The molecule has 9 rings (SSSR count). The van der Waals surface area contributed by atoms with Crippen molar-refractivity contribution in [1.82, 2.24) is 0 Å². The summed E-state index contributed by atoms with van der Waals surface area (Å²) in [5.41, 5.74) is 35.1.